The largest absolute Gasteiger partial charge is 0.465 e. The first-order chi connectivity index (χ1) is 13.5. The van der Waals surface area contributed by atoms with Gasteiger partial charge in [0.15, 0.2) is 0 Å². The second-order valence-electron chi connectivity index (χ2n) is 6.88. The third-order valence-electron chi connectivity index (χ3n) is 4.84. The lowest BCUT2D eigenvalue weighted by Crippen LogP contribution is -2.40. The van der Waals surface area contributed by atoms with E-state index in [-0.39, 0.29) is 11.8 Å². The van der Waals surface area contributed by atoms with Crippen molar-refractivity contribution in [1.29, 1.82) is 0 Å². The van der Waals surface area contributed by atoms with Crippen molar-refractivity contribution in [2.75, 3.05) is 25.5 Å². The van der Waals surface area contributed by atoms with Crippen molar-refractivity contribution in [2.24, 2.45) is 5.92 Å². The van der Waals surface area contributed by atoms with Gasteiger partial charge in [0, 0.05) is 17.6 Å². The van der Waals surface area contributed by atoms with Gasteiger partial charge in [0.1, 0.15) is 0 Å². The number of amides is 1. The van der Waals surface area contributed by atoms with Crippen molar-refractivity contribution in [3.8, 4) is 0 Å². The summed E-state index contributed by atoms with van der Waals surface area (Å²) in [6.07, 6.45) is 1.79. The molecule has 5 nitrogen and oxygen atoms in total. The molecule has 2 aromatic rings. The highest BCUT2D eigenvalue weighted by Gasteiger charge is 2.26. The molecule has 1 N–H and O–H groups in total. The van der Waals surface area contributed by atoms with E-state index in [9.17, 15) is 9.59 Å². The van der Waals surface area contributed by atoms with Gasteiger partial charge in [0.2, 0.25) is 5.91 Å². The summed E-state index contributed by atoms with van der Waals surface area (Å²) in [6, 6.07) is 12.9. The smallest absolute Gasteiger partial charge is 0.337 e. The van der Waals surface area contributed by atoms with Gasteiger partial charge in [-0.25, -0.2) is 4.79 Å². The summed E-state index contributed by atoms with van der Waals surface area (Å²) >= 11 is 9.64. The lowest BCUT2D eigenvalue weighted by atomic mass is 9.96. The van der Waals surface area contributed by atoms with E-state index in [2.05, 4.69) is 38.3 Å². The Bertz CT molecular complexity index is 857. The molecule has 0 radical (unpaired) electrons. The van der Waals surface area contributed by atoms with Crippen LogP contribution in [0.15, 0.2) is 46.9 Å². The zero-order chi connectivity index (χ0) is 20.1. The van der Waals surface area contributed by atoms with Crippen molar-refractivity contribution in [1.82, 2.24) is 4.90 Å². The molecule has 1 fully saturated rings. The topological polar surface area (TPSA) is 58.6 Å². The SMILES string of the molecule is COC(=O)c1ccc(Cl)c(NC(=O)C2CCCN(Cc3ccc(Br)cc3)C2)c1. The number of carbonyl (C=O) groups is 2. The summed E-state index contributed by atoms with van der Waals surface area (Å²) in [5.74, 6) is -0.669. The van der Waals surface area contributed by atoms with Gasteiger partial charge >= 0.3 is 5.97 Å². The van der Waals surface area contributed by atoms with E-state index in [1.807, 2.05) is 12.1 Å². The minimum Gasteiger partial charge on any atom is -0.465 e. The highest BCUT2D eigenvalue weighted by Crippen LogP contribution is 2.26. The van der Waals surface area contributed by atoms with Crippen LogP contribution in [-0.4, -0.2) is 37.0 Å². The highest BCUT2D eigenvalue weighted by atomic mass is 79.9. The van der Waals surface area contributed by atoms with Gasteiger partial charge in [-0.3, -0.25) is 9.69 Å². The number of hydrogen-bond donors (Lipinski definition) is 1. The molecule has 7 heteroatoms. The minimum absolute atomic E-state index is 0.0792. The molecule has 0 spiro atoms. The quantitative estimate of drug-likeness (QED) is 0.648. The first kappa shape index (κ1) is 20.8. The average Bonchev–Trinajstić information content (AvgIpc) is 2.71. The molecular formula is C21H22BrClN2O3. The lowest BCUT2D eigenvalue weighted by Gasteiger charge is -2.32. The van der Waals surface area contributed by atoms with Crippen LogP contribution in [0.1, 0.15) is 28.8 Å². The molecule has 1 aliphatic heterocycles. The van der Waals surface area contributed by atoms with Crippen LogP contribution < -0.4 is 5.32 Å². The first-order valence-electron chi connectivity index (χ1n) is 9.12. The summed E-state index contributed by atoms with van der Waals surface area (Å²) in [6.45, 7) is 2.48. The van der Waals surface area contributed by atoms with E-state index < -0.39 is 5.97 Å². The Morgan fingerprint density at radius 1 is 1.25 bits per heavy atom. The Balaban J connectivity index is 1.64. The fourth-order valence-electron chi connectivity index (χ4n) is 3.36. The number of likely N-dealkylation sites (tertiary alicyclic amines) is 1. The van der Waals surface area contributed by atoms with Gasteiger partial charge in [-0.1, -0.05) is 39.7 Å². The molecule has 148 valence electrons. The molecule has 1 heterocycles. The molecular weight excluding hydrogens is 444 g/mol. The number of halogens is 2. The third-order valence-corrected chi connectivity index (χ3v) is 5.70. The molecule has 1 atom stereocenters. The van der Waals surface area contributed by atoms with Crippen molar-refractivity contribution in [3.63, 3.8) is 0 Å². The molecule has 0 aliphatic carbocycles. The number of anilines is 1. The van der Waals surface area contributed by atoms with Gasteiger partial charge in [-0.05, 0) is 55.3 Å². The number of nitrogens with one attached hydrogen (secondary N) is 1. The maximum atomic E-state index is 12.8. The van der Waals surface area contributed by atoms with Crippen LogP contribution in [0.4, 0.5) is 5.69 Å². The van der Waals surface area contributed by atoms with Crippen LogP contribution >= 0.6 is 27.5 Å². The summed E-state index contributed by atoms with van der Waals surface area (Å²) in [7, 11) is 1.32. The average molecular weight is 466 g/mol. The monoisotopic (exact) mass is 464 g/mol. The molecule has 0 bridgehead atoms. The zero-order valence-electron chi connectivity index (χ0n) is 15.6. The van der Waals surface area contributed by atoms with Crippen LogP contribution in [0.5, 0.6) is 0 Å². The van der Waals surface area contributed by atoms with Crippen LogP contribution in [0, 0.1) is 5.92 Å². The highest BCUT2D eigenvalue weighted by molar-refractivity contribution is 9.10. The molecule has 1 unspecified atom stereocenters. The van der Waals surface area contributed by atoms with Gasteiger partial charge in [-0.2, -0.15) is 0 Å². The van der Waals surface area contributed by atoms with Gasteiger partial charge in [-0.15, -0.1) is 0 Å². The Labute approximate surface area is 178 Å². The normalized spacial score (nSPS) is 17.2. The lowest BCUT2D eigenvalue weighted by molar-refractivity contribution is -0.121. The summed E-state index contributed by atoms with van der Waals surface area (Å²) in [5, 5.41) is 3.27. The molecule has 1 aliphatic rings. The predicted octanol–water partition coefficient (Wildman–Crippen LogP) is 4.74. The standard InChI is InChI=1S/C21H22BrClN2O3/c1-28-21(27)15-6-9-18(23)19(11-15)24-20(26)16-3-2-10-25(13-16)12-14-4-7-17(22)8-5-14/h4-9,11,16H,2-3,10,12-13H2,1H3,(H,24,26). The Morgan fingerprint density at radius 3 is 2.71 bits per heavy atom. The Kier molecular flexibility index (Phi) is 7.10. The number of carbonyl (C=O) groups excluding carboxylic acids is 2. The van der Waals surface area contributed by atoms with Gasteiger partial charge in [0.05, 0.1) is 29.3 Å². The number of methoxy groups -OCH3 is 1. The van der Waals surface area contributed by atoms with E-state index in [0.29, 0.717) is 22.8 Å². The Morgan fingerprint density at radius 2 is 2.00 bits per heavy atom. The zero-order valence-corrected chi connectivity index (χ0v) is 17.9. The van der Waals surface area contributed by atoms with Gasteiger partial charge < -0.3 is 10.1 Å². The van der Waals surface area contributed by atoms with Crippen molar-refractivity contribution in [2.45, 2.75) is 19.4 Å². The van der Waals surface area contributed by atoms with Crippen LogP contribution in [0.3, 0.4) is 0 Å². The maximum Gasteiger partial charge on any atom is 0.337 e. The predicted molar refractivity (Wildman–Crippen MR) is 114 cm³/mol. The molecule has 1 saturated heterocycles. The molecule has 2 aromatic carbocycles. The number of piperidine rings is 1. The van der Waals surface area contributed by atoms with E-state index in [1.165, 1.54) is 12.7 Å². The molecule has 0 saturated carbocycles. The maximum absolute atomic E-state index is 12.8. The second-order valence-corrected chi connectivity index (χ2v) is 8.20. The number of hydrogen-bond acceptors (Lipinski definition) is 4. The first-order valence-corrected chi connectivity index (χ1v) is 10.3. The van der Waals surface area contributed by atoms with Crippen LogP contribution in [0.2, 0.25) is 5.02 Å². The second kappa shape index (κ2) is 9.54. The summed E-state index contributed by atoms with van der Waals surface area (Å²) in [4.78, 5) is 26.8. The Hall–Kier alpha value is -1.89. The number of nitrogens with zero attached hydrogens (tertiary/aromatic N) is 1. The molecule has 28 heavy (non-hydrogen) atoms. The number of ether oxygens (including phenoxy) is 1. The van der Waals surface area contributed by atoms with E-state index in [0.717, 1.165) is 30.4 Å². The van der Waals surface area contributed by atoms with E-state index >= 15 is 0 Å². The van der Waals surface area contributed by atoms with E-state index in [4.69, 9.17) is 16.3 Å². The number of esters is 1. The van der Waals surface area contributed by atoms with Crippen LogP contribution in [0.25, 0.3) is 0 Å². The fourth-order valence-corrected chi connectivity index (χ4v) is 3.79. The van der Waals surface area contributed by atoms with Crippen molar-refractivity contribution >= 4 is 45.1 Å². The fraction of sp³-hybridized carbons (Fsp3) is 0.333. The summed E-state index contributed by atoms with van der Waals surface area (Å²) in [5.41, 5.74) is 2.00. The van der Waals surface area contributed by atoms with E-state index in [1.54, 1.807) is 18.2 Å². The van der Waals surface area contributed by atoms with Crippen LogP contribution in [-0.2, 0) is 16.1 Å². The summed E-state index contributed by atoms with van der Waals surface area (Å²) < 4.78 is 5.78. The van der Waals surface area contributed by atoms with Gasteiger partial charge in [0.25, 0.3) is 0 Å². The molecule has 3 rings (SSSR count). The number of benzene rings is 2. The van der Waals surface area contributed by atoms with Crippen molar-refractivity contribution < 1.29 is 14.3 Å². The minimum atomic E-state index is -0.467. The third kappa shape index (κ3) is 5.34. The molecule has 0 aromatic heterocycles. The molecule has 1 amide bonds. The number of rotatable bonds is 5. The van der Waals surface area contributed by atoms with Crippen molar-refractivity contribution in [3.05, 3.63) is 63.1 Å².